The maximum absolute atomic E-state index is 13.4. The lowest BCUT2D eigenvalue weighted by atomic mass is 9.82. The summed E-state index contributed by atoms with van der Waals surface area (Å²) in [5, 5.41) is 3.06. The van der Waals surface area contributed by atoms with E-state index in [2.05, 4.69) is 15.1 Å². The Morgan fingerprint density at radius 2 is 1.94 bits per heavy atom. The minimum absolute atomic E-state index is 0.0157. The zero-order valence-corrected chi connectivity index (χ0v) is 18.4. The number of nitrogens with zero attached hydrogens (tertiary/aromatic N) is 2. The van der Waals surface area contributed by atoms with Gasteiger partial charge in [-0.25, -0.2) is 0 Å². The van der Waals surface area contributed by atoms with Crippen LogP contribution in [-0.4, -0.2) is 61.8 Å². The fourth-order valence-corrected chi connectivity index (χ4v) is 6.07. The largest absolute Gasteiger partial charge is 0.416 e. The second kappa shape index (κ2) is 8.86. The highest BCUT2D eigenvalue weighted by atomic mass is 19.4. The predicted octanol–water partition coefficient (Wildman–Crippen LogP) is 3.61. The maximum Gasteiger partial charge on any atom is 0.416 e. The summed E-state index contributed by atoms with van der Waals surface area (Å²) in [5.41, 5.74) is 0.845. The normalized spacial score (nSPS) is 29.1. The zero-order chi connectivity index (χ0) is 22.3. The standard InChI is InChI=1S/C24H32F3N3O2/c25-24(26,27)17-7-8-21-16(12-17)13-20(23(31)28-14-19-6-3-11-32-19)22-15-29(9-10-30(21)22)18-4-1-2-5-18/h7-8,12,18-20,22H,1-6,9-11,13-15H2,(H,28,31). The van der Waals surface area contributed by atoms with Gasteiger partial charge in [0, 0.05) is 44.5 Å². The van der Waals surface area contributed by atoms with Crippen molar-refractivity contribution in [3.63, 3.8) is 0 Å². The summed E-state index contributed by atoms with van der Waals surface area (Å²) in [4.78, 5) is 18.0. The lowest BCUT2D eigenvalue weighted by Crippen LogP contribution is -2.62. The van der Waals surface area contributed by atoms with E-state index in [-0.39, 0.29) is 24.0 Å². The molecule has 3 heterocycles. The Hall–Kier alpha value is -1.80. The molecule has 8 heteroatoms. The van der Waals surface area contributed by atoms with Gasteiger partial charge in [0.1, 0.15) is 0 Å². The fourth-order valence-electron chi connectivity index (χ4n) is 6.07. The number of alkyl halides is 3. The van der Waals surface area contributed by atoms with Crippen LogP contribution in [0.4, 0.5) is 18.9 Å². The Bertz CT molecular complexity index is 834. The van der Waals surface area contributed by atoms with E-state index < -0.39 is 11.7 Å². The third-order valence-electron chi connectivity index (χ3n) is 7.78. The first-order valence-electron chi connectivity index (χ1n) is 12.0. The van der Waals surface area contributed by atoms with Gasteiger partial charge in [-0.3, -0.25) is 9.69 Å². The minimum atomic E-state index is -4.38. The number of nitrogens with one attached hydrogen (secondary N) is 1. The van der Waals surface area contributed by atoms with Crippen LogP contribution in [0.15, 0.2) is 18.2 Å². The number of halogens is 3. The topological polar surface area (TPSA) is 44.8 Å². The molecule has 1 amide bonds. The molecular formula is C24H32F3N3O2. The van der Waals surface area contributed by atoms with Crippen molar-refractivity contribution in [1.29, 1.82) is 0 Å². The number of amides is 1. The fraction of sp³-hybridized carbons (Fsp3) is 0.708. The number of ether oxygens (including phenoxy) is 1. The van der Waals surface area contributed by atoms with Crippen LogP contribution in [-0.2, 0) is 22.1 Å². The Morgan fingerprint density at radius 3 is 2.66 bits per heavy atom. The Kier molecular flexibility index (Phi) is 6.09. The highest BCUT2D eigenvalue weighted by Crippen LogP contribution is 2.40. The molecule has 5 nitrogen and oxygen atoms in total. The maximum atomic E-state index is 13.4. The van der Waals surface area contributed by atoms with E-state index in [0.29, 0.717) is 24.6 Å². The highest BCUT2D eigenvalue weighted by molar-refractivity contribution is 5.82. The number of fused-ring (bicyclic) bond motifs is 3. The van der Waals surface area contributed by atoms with Gasteiger partial charge in [0.15, 0.2) is 0 Å². The molecule has 1 saturated carbocycles. The number of carbonyl (C=O) groups is 1. The summed E-state index contributed by atoms with van der Waals surface area (Å²) in [7, 11) is 0. The lowest BCUT2D eigenvalue weighted by molar-refractivity contribution is -0.137. The molecule has 0 spiro atoms. The van der Waals surface area contributed by atoms with E-state index >= 15 is 0 Å². The van der Waals surface area contributed by atoms with Gasteiger partial charge >= 0.3 is 6.18 Å². The molecular weight excluding hydrogens is 419 g/mol. The summed E-state index contributed by atoms with van der Waals surface area (Å²) >= 11 is 0. The van der Waals surface area contributed by atoms with Gasteiger partial charge in [-0.15, -0.1) is 0 Å². The average molecular weight is 452 g/mol. The van der Waals surface area contributed by atoms with Crippen LogP contribution < -0.4 is 10.2 Å². The average Bonchev–Trinajstić information content (AvgIpc) is 3.50. The van der Waals surface area contributed by atoms with Crippen LogP contribution in [0.25, 0.3) is 0 Å². The van der Waals surface area contributed by atoms with Gasteiger partial charge in [0.05, 0.1) is 23.6 Å². The van der Waals surface area contributed by atoms with Gasteiger partial charge in [-0.2, -0.15) is 13.2 Å². The van der Waals surface area contributed by atoms with Crippen molar-refractivity contribution >= 4 is 11.6 Å². The van der Waals surface area contributed by atoms with E-state index in [1.165, 1.54) is 37.8 Å². The van der Waals surface area contributed by atoms with Crippen LogP contribution in [0, 0.1) is 5.92 Å². The molecule has 1 aromatic rings. The van der Waals surface area contributed by atoms with Crippen molar-refractivity contribution < 1.29 is 22.7 Å². The number of rotatable bonds is 4. The van der Waals surface area contributed by atoms with E-state index in [0.717, 1.165) is 44.8 Å². The Balaban J connectivity index is 1.39. The quantitative estimate of drug-likeness (QED) is 0.760. The van der Waals surface area contributed by atoms with Crippen LogP contribution in [0.1, 0.15) is 49.7 Å². The molecule has 1 N–H and O–H groups in total. The lowest BCUT2D eigenvalue weighted by Gasteiger charge is -2.50. The van der Waals surface area contributed by atoms with Gasteiger partial charge in [0.25, 0.3) is 0 Å². The molecule has 0 aromatic heterocycles. The van der Waals surface area contributed by atoms with Crippen molar-refractivity contribution in [1.82, 2.24) is 10.2 Å². The van der Waals surface area contributed by atoms with Crippen LogP contribution in [0.5, 0.6) is 0 Å². The summed E-state index contributed by atoms with van der Waals surface area (Å²) in [6, 6.07) is 4.59. The molecule has 0 radical (unpaired) electrons. The molecule has 4 aliphatic rings. The molecule has 1 aromatic carbocycles. The molecule has 3 unspecified atom stereocenters. The third kappa shape index (κ3) is 4.36. The molecule has 2 saturated heterocycles. The van der Waals surface area contributed by atoms with Crippen molar-refractivity contribution in [3.8, 4) is 0 Å². The molecule has 3 fully saturated rings. The van der Waals surface area contributed by atoms with Crippen molar-refractivity contribution in [2.24, 2.45) is 5.92 Å². The highest BCUT2D eigenvalue weighted by Gasteiger charge is 2.44. The number of hydrogen-bond donors (Lipinski definition) is 1. The van der Waals surface area contributed by atoms with Gasteiger partial charge in [0.2, 0.25) is 5.91 Å². The molecule has 176 valence electrons. The first-order valence-corrected chi connectivity index (χ1v) is 12.0. The monoisotopic (exact) mass is 451 g/mol. The second-order valence-electron chi connectivity index (χ2n) is 9.73. The summed E-state index contributed by atoms with van der Waals surface area (Å²) in [6.45, 7) is 3.64. The van der Waals surface area contributed by atoms with Crippen LogP contribution >= 0.6 is 0 Å². The summed E-state index contributed by atoms with van der Waals surface area (Å²) in [5.74, 6) is -0.427. The van der Waals surface area contributed by atoms with Crippen LogP contribution in [0.2, 0.25) is 0 Å². The van der Waals surface area contributed by atoms with E-state index in [1.807, 2.05) is 0 Å². The van der Waals surface area contributed by atoms with Gasteiger partial charge in [-0.1, -0.05) is 12.8 Å². The summed E-state index contributed by atoms with van der Waals surface area (Å²) in [6.07, 6.45) is 2.86. The van der Waals surface area contributed by atoms with Crippen LogP contribution in [0.3, 0.4) is 0 Å². The predicted molar refractivity (Wildman–Crippen MR) is 116 cm³/mol. The zero-order valence-electron chi connectivity index (χ0n) is 18.4. The smallest absolute Gasteiger partial charge is 0.376 e. The number of anilines is 1. The van der Waals surface area contributed by atoms with Crippen molar-refractivity contribution in [2.45, 2.75) is 69.3 Å². The van der Waals surface area contributed by atoms with Crippen molar-refractivity contribution in [3.05, 3.63) is 29.3 Å². The Labute approximate surface area is 187 Å². The number of carbonyl (C=O) groups excluding carboxylic acids is 1. The minimum Gasteiger partial charge on any atom is -0.376 e. The third-order valence-corrected chi connectivity index (χ3v) is 7.78. The molecule has 5 rings (SSSR count). The number of benzene rings is 1. The molecule has 32 heavy (non-hydrogen) atoms. The second-order valence-corrected chi connectivity index (χ2v) is 9.73. The first kappa shape index (κ1) is 22.0. The Morgan fingerprint density at radius 1 is 1.12 bits per heavy atom. The first-order chi connectivity index (χ1) is 15.4. The summed E-state index contributed by atoms with van der Waals surface area (Å²) < 4.78 is 45.7. The van der Waals surface area contributed by atoms with E-state index in [9.17, 15) is 18.0 Å². The van der Waals surface area contributed by atoms with Crippen molar-refractivity contribution in [2.75, 3.05) is 37.7 Å². The van der Waals surface area contributed by atoms with Gasteiger partial charge in [-0.05, 0) is 55.9 Å². The number of hydrogen-bond acceptors (Lipinski definition) is 4. The van der Waals surface area contributed by atoms with E-state index in [1.54, 1.807) is 6.07 Å². The number of piperazine rings is 1. The molecule has 3 atom stereocenters. The SMILES string of the molecule is O=C(NCC1CCCO1)C1Cc2cc(C(F)(F)F)ccc2N2CCN(C3CCCC3)CC12. The van der Waals surface area contributed by atoms with Gasteiger partial charge < -0.3 is 15.0 Å². The molecule has 3 aliphatic heterocycles. The molecule has 0 bridgehead atoms. The van der Waals surface area contributed by atoms with E-state index in [4.69, 9.17) is 4.74 Å². The molecule has 1 aliphatic carbocycles.